The normalized spacial score (nSPS) is 12.0. The van der Waals surface area contributed by atoms with Gasteiger partial charge in [0.2, 0.25) is 0 Å². The van der Waals surface area contributed by atoms with Crippen LogP contribution < -0.4 is 4.74 Å². The van der Waals surface area contributed by atoms with Crippen LogP contribution in [-0.2, 0) is 11.9 Å². The second kappa shape index (κ2) is 5.79. The van der Waals surface area contributed by atoms with E-state index < -0.39 is 30.8 Å². The summed E-state index contributed by atoms with van der Waals surface area (Å²) < 4.78 is 64.8. The first-order valence-electron chi connectivity index (χ1n) is 4.52. The summed E-state index contributed by atoms with van der Waals surface area (Å²) in [5.41, 5.74) is -1.26. The van der Waals surface area contributed by atoms with Crippen molar-refractivity contribution >= 4 is 15.9 Å². The van der Waals surface area contributed by atoms with E-state index in [0.717, 1.165) is 0 Å². The minimum atomic E-state index is -5.03. The molecular weight excluding hydrogens is 329 g/mol. The molecule has 0 aliphatic rings. The van der Waals surface area contributed by atoms with Crippen LogP contribution in [0.4, 0.5) is 22.0 Å². The number of hydrogen-bond acceptors (Lipinski definition) is 3. The van der Waals surface area contributed by atoms with Crippen molar-refractivity contribution in [1.82, 2.24) is 4.98 Å². The number of aliphatic hydroxyl groups excluding tert-OH is 1. The second-order valence-electron chi connectivity index (χ2n) is 3.11. The lowest BCUT2D eigenvalue weighted by Gasteiger charge is -2.15. The molecule has 0 saturated carbocycles. The molecule has 0 unspecified atom stereocenters. The smallest absolute Gasteiger partial charge is 0.405 e. The first kappa shape index (κ1) is 15.1. The lowest BCUT2D eigenvalue weighted by molar-refractivity contribution is -0.275. The molecule has 0 aromatic carbocycles. The molecular formula is C9H7BrF5NO2. The Morgan fingerprint density at radius 1 is 1.39 bits per heavy atom. The number of aromatic nitrogens is 1. The van der Waals surface area contributed by atoms with Gasteiger partial charge in [0.25, 0.3) is 6.43 Å². The van der Waals surface area contributed by atoms with Crippen LogP contribution in [0.5, 0.6) is 5.75 Å². The molecule has 1 aromatic rings. The van der Waals surface area contributed by atoms with E-state index in [4.69, 9.17) is 5.11 Å². The lowest BCUT2D eigenvalue weighted by atomic mass is 10.1. The summed E-state index contributed by atoms with van der Waals surface area (Å²) in [5, 5.41) is 8.88. The number of aliphatic hydroxyl groups is 1. The number of rotatable bonds is 4. The number of halogens is 6. The molecule has 102 valence electrons. The molecule has 1 aromatic heterocycles. The number of alkyl halides is 6. The van der Waals surface area contributed by atoms with E-state index in [1.165, 1.54) is 0 Å². The maximum atomic E-state index is 12.5. The Morgan fingerprint density at radius 2 is 2.00 bits per heavy atom. The molecule has 0 aliphatic carbocycles. The number of ether oxygens (including phenoxy) is 1. The topological polar surface area (TPSA) is 42.4 Å². The van der Waals surface area contributed by atoms with Gasteiger partial charge in [-0.05, 0) is 0 Å². The fraction of sp³-hybridized carbons (Fsp3) is 0.444. The number of hydrogen-bond donors (Lipinski definition) is 1. The molecule has 0 spiro atoms. The maximum Gasteiger partial charge on any atom is 0.573 e. The summed E-state index contributed by atoms with van der Waals surface area (Å²) in [4.78, 5) is 3.45. The van der Waals surface area contributed by atoms with E-state index in [0.29, 0.717) is 6.07 Å². The Kier molecular flexibility index (Phi) is 4.85. The minimum Gasteiger partial charge on any atom is -0.405 e. The molecule has 0 bridgehead atoms. The van der Waals surface area contributed by atoms with Gasteiger partial charge in [-0.25, -0.2) is 8.78 Å². The standard InChI is InChI=1S/C9H7BrF5NO2/c10-2-6-4(3-17)7(18-9(13,14)15)1-5(16-6)8(11)12/h1,8,17H,2-3H2. The van der Waals surface area contributed by atoms with Gasteiger partial charge >= 0.3 is 6.36 Å². The van der Waals surface area contributed by atoms with Crippen molar-refractivity contribution in [3.05, 3.63) is 23.0 Å². The molecule has 0 fully saturated rings. The van der Waals surface area contributed by atoms with Crippen LogP contribution >= 0.6 is 15.9 Å². The predicted octanol–water partition coefficient (Wildman–Crippen LogP) is 3.31. The zero-order valence-electron chi connectivity index (χ0n) is 8.64. The van der Waals surface area contributed by atoms with Gasteiger partial charge in [-0.15, -0.1) is 13.2 Å². The van der Waals surface area contributed by atoms with E-state index in [9.17, 15) is 22.0 Å². The van der Waals surface area contributed by atoms with E-state index in [1.807, 2.05) is 0 Å². The van der Waals surface area contributed by atoms with Crippen molar-refractivity contribution in [2.24, 2.45) is 0 Å². The zero-order chi connectivity index (χ0) is 13.9. The second-order valence-corrected chi connectivity index (χ2v) is 3.67. The summed E-state index contributed by atoms with van der Waals surface area (Å²) in [7, 11) is 0. The Labute approximate surface area is 107 Å². The Balaban J connectivity index is 3.31. The molecule has 18 heavy (non-hydrogen) atoms. The quantitative estimate of drug-likeness (QED) is 0.678. The molecule has 1 N–H and O–H groups in total. The van der Waals surface area contributed by atoms with Gasteiger partial charge in [0.1, 0.15) is 11.4 Å². The fourth-order valence-electron chi connectivity index (χ4n) is 1.23. The number of nitrogens with zero attached hydrogens (tertiary/aromatic N) is 1. The highest BCUT2D eigenvalue weighted by atomic mass is 79.9. The summed E-state index contributed by atoms with van der Waals surface area (Å²) >= 11 is 2.89. The monoisotopic (exact) mass is 335 g/mol. The maximum absolute atomic E-state index is 12.5. The first-order valence-corrected chi connectivity index (χ1v) is 5.64. The molecule has 1 rings (SSSR count). The van der Waals surface area contributed by atoms with Crippen molar-refractivity contribution in [3.63, 3.8) is 0 Å². The van der Waals surface area contributed by atoms with Crippen LogP contribution in [0, 0.1) is 0 Å². The van der Waals surface area contributed by atoms with Crippen LogP contribution in [-0.4, -0.2) is 16.5 Å². The van der Waals surface area contributed by atoms with Gasteiger partial charge in [-0.3, -0.25) is 4.98 Å². The van der Waals surface area contributed by atoms with Crippen molar-refractivity contribution in [2.45, 2.75) is 24.7 Å². The molecule has 0 atom stereocenters. The Bertz CT molecular complexity index is 424. The summed E-state index contributed by atoms with van der Waals surface area (Å²) in [6.07, 6.45) is -8.07. The molecule has 0 amide bonds. The van der Waals surface area contributed by atoms with Gasteiger partial charge in [0.05, 0.1) is 12.3 Å². The van der Waals surface area contributed by atoms with Crippen molar-refractivity contribution in [1.29, 1.82) is 0 Å². The van der Waals surface area contributed by atoms with Gasteiger partial charge in [0, 0.05) is 17.0 Å². The van der Waals surface area contributed by atoms with Crippen molar-refractivity contribution in [3.8, 4) is 5.75 Å². The highest BCUT2D eigenvalue weighted by molar-refractivity contribution is 9.08. The Morgan fingerprint density at radius 3 is 2.39 bits per heavy atom. The van der Waals surface area contributed by atoms with Gasteiger partial charge in [-0.2, -0.15) is 0 Å². The number of pyridine rings is 1. The predicted molar refractivity (Wildman–Crippen MR) is 54.4 cm³/mol. The SMILES string of the molecule is OCc1c(OC(F)(F)F)cc(C(F)F)nc1CBr. The van der Waals surface area contributed by atoms with Gasteiger partial charge < -0.3 is 9.84 Å². The van der Waals surface area contributed by atoms with E-state index >= 15 is 0 Å². The van der Waals surface area contributed by atoms with Crippen LogP contribution in [0.2, 0.25) is 0 Å². The van der Waals surface area contributed by atoms with E-state index in [2.05, 4.69) is 25.7 Å². The molecule has 0 radical (unpaired) electrons. The lowest BCUT2D eigenvalue weighted by Crippen LogP contribution is -2.19. The van der Waals surface area contributed by atoms with E-state index in [1.54, 1.807) is 0 Å². The first-order chi connectivity index (χ1) is 8.28. The van der Waals surface area contributed by atoms with Crippen molar-refractivity contribution < 1.29 is 31.8 Å². The molecule has 3 nitrogen and oxygen atoms in total. The Hall–Kier alpha value is -0.960. The highest BCUT2D eigenvalue weighted by Gasteiger charge is 2.33. The fourth-order valence-corrected chi connectivity index (χ4v) is 1.69. The van der Waals surface area contributed by atoms with Gasteiger partial charge in [-0.1, -0.05) is 15.9 Å². The third kappa shape index (κ3) is 3.77. The summed E-state index contributed by atoms with van der Waals surface area (Å²) in [6.45, 7) is -0.803. The molecule has 9 heteroatoms. The third-order valence-electron chi connectivity index (χ3n) is 1.92. The van der Waals surface area contributed by atoms with E-state index in [-0.39, 0.29) is 16.6 Å². The van der Waals surface area contributed by atoms with Crippen LogP contribution in [0.3, 0.4) is 0 Å². The summed E-state index contributed by atoms with van der Waals surface area (Å²) in [5.74, 6) is -0.871. The largest absolute Gasteiger partial charge is 0.573 e. The summed E-state index contributed by atoms with van der Waals surface area (Å²) in [6, 6.07) is 0.468. The molecule has 1 heterocycles. The van der Waals surface area contributed by atoms with Gasteiger partial charge in [0.15, 0.2) is 0 Å². The minimum absolute atomic E-state index is 0.0856. The average Bonchev–Trinajstić information content (AvgIpc) is 2.25. The van der Waals surface area contributed by atoms with Crippen LogP contribution in [0.25, 0.3) is 0 Å². The third-order valence-corrected chi connectivity index (χ3v) is 2.45. The van der Waals surface area contributed by atoms with Crippen LogP contribution in [0.15, 0.2) is 6.07 Å². The zero-order valence-corrected chi connectivity index (χ0v) is 10.2. The molecule has 0 aliphatic heterocycles. The average molecular weight is 336 g/mol. The highest BCUT2D eigenvalue weighted by Crippen LogP contribution is 2.32. The van der Waals surface area contributed by atoms with Crippen molar-refractivity contribution in [2.75, 3.05) is 0 Å². The van der Waals surface area contributed by atoms with Crippen LogP contribution in [0.1, 0.15) is 23.4 Å². The molecule has 0 saturated heterocycles.